The summed E-state index contributed by atoms with van der Waals surface area (Å²) in [4.78, 5) is 13.6. The van der Waals surface area contributed by atoms with Gasteiger partial charge in [0.2, 0.25) is 9.84 Å². The average molecular weight is 417 g/mol. The second kappa shape index (κ2) is 7.06. The van der Waals surface area contributed by atoms with Crippen LogP contribution in [-0.2, 0) is 15.3 Å². The lowest BCUT2D eigenvalue weighted by Gasteiger charge is -2.19. The van der Waals surface area contributed by atoms with E-state index in [2.05, 4.69) is 20.8 Å². The van der Waals surface area contributed by atoms with Crippen LogP contribution >= 0.6 is 0 Å². The third kappa shape index (κ3) is 3.31. The number of allylic oxidation sites excluding steroid dienone is 1. The zero-order valence-electron chi connectivity index (χ0n) is 17.6. The van der Waals surface area contributed by atoms with Gasteiger partial charge in [0, 0.05) is 16.7 Å². The van der Waals surface area contributed by atoms with Crippen molar-refractivity contribution in [3.8, 4) is 0 Å². The monoisotopic (exact) mass is 416 g/mol. The molecule has 0 saturated heterocycles. The van der Waals surface area contributed by atoms with Gasteiger partial charge in [-0.1, -0.05) is 87.0 Å². The molecule has 1 aliphatic rings. The molecular formula is C26H24O3S. The molecule has 0 unspecified atom stereocenters. The maximum absolute atomic E-state index is 13.7. The van der Waals surface area contributed by atoms with Gasteiger partial charge in [0.15, 0.2) is 5.78 Å². The van der Waals surface area contributed by atoms with Crippen LogP contribution < -0.4 is 0 Å². The topological polar surface area (TPSA) is 51.2 Å². The summed E-state index contributed by atoms with van der Waals surface area (Å²) in [6.07, 6.45) is 0. The van der Waals surface area contributed by atoms with Gasteiger partial charge in [-0.2, -0.15) is 0 Å². The number of hydrogen-bond acceptors (Lipinski definition) is 3. The summed E-state index contributed by atoms with van der Waals surface area (Å²) in [5, 5.41) is 0. The SMILES string of the molecule is Cc1ccc(S(=O)(=O)C2=C(c3ccc(C(C)(C)C)cc3)C(=O)c3ccccc32)cc1. The zero-order valence-corrected chi connectivity index (χ0v) is 18.4. The fourth-order valence-corrected chi connectivity index (χ4v) is 5.44. The third-order valence-electron chi connectivity index (χ3n) is 5.51. The molecule has 0 N–H and O–H groups in total. The predicted molar refractivity (Wildman–Crippen MR) is 121 cm³/mol. The number of hydrogen-bond donors (Lipinski definition) is 0. The van der Waals surface area contributed by atoms with Crippen molar-refractivity contribution in [3.05, 3.63) is 101 Å². The van der Waals surface area contributed by atoms with Crippen LogP contribution in [0.4, 0.5) is 0 Å². The summed E-state index contributed by atoms with van der Waals surface area (Å²) in [7, 11) is -3.88. The standard InChI is InChI=1S/C26H24O3S/c1-17-9-15-20(16-10-17)30(28,29)25-22-8-6-5-7-21(22)24(27)23(25)18-11-13-19(14-12-18)26(2,3)4/h5-16H,1-4H3. The van der Waals surface area contributed by atoms with Crippen LogP contribution in [0, 0.1) is 6.92 Å². The molecule has 4 heteroatoms. The van der Waals surface area contributed by atoms with Gasteiger partial charge in [0.1, 0.15) is 0 Å². The van der Waals surface area contributed by atoms with Crippen molar-refractivity contribution in [1.29, 1.82) is 0 Å². The van der Waals surface area contributed by atoms with Crippen LogP contribution in [0.25, 0.3) is 10.5 Å². The zero-order chi connectivity index (χ0) is 21.7. The van der Waals surface area contributed by atoms with Gasteiger partial charge in [-0.25, -0.2) is 8.42 Å². The van der Waals surface area contributed by atoms with Crippen LogP contribution in [0.3, 0.4) is 0 Å². The van der Waals surface area contributed by atoms with Gasteiger partial charge in [0.05, 0.1) is 9.80 Å². The van der Waals surface area contributed by atoms with E-state index in [1.165, 1.54) is 0 Å². The second-order valence-corrected chi connectivity index (χ2v) is 10.6. The van der Waals surface area contributed by atoms with Crippen LogP contribution in [0.2, 0.25) is 0 Å². The van der Waals surface area contributed by atoms with Gasteiger partial charge in [0.25, 0.3) is 0 Å². The summed E-state index contributed by atoms with van der Waals surface area (Å²) in [6, 6.07) is 21.3. The largest absolute Gasteiger partial charge is 0.289 e. The first-order valence-corrected chi connectivity index (χ1v) is 11.4. The Kier molecular flexibility index (Phi) is 4.78. The molecule has 0 spiro atoms. The van der Waals surface area contributed by atoms with E-state index in [-0.39, 0.29) is 26.6 Å². The summed E-state index contributed by atoms with van der Waals surface area (Å²) >= 11 is 0. The highest BCUT2D eigenvalue weighted by Crippen LogP contribution is 2.44. The van der Waals surface area contributed by atoms with E-state index < -0.39 is 9.84 Å². The number of Topliss-reactive ketones (excluding diaryl/α,β-unsaturated/α-hetero) is 1. The highest BCUT2D eigenvalue weighted by molar-refractivity contribution is 8.01. The Labute approximate surface area is 178 Å². The minimum absolute atomic E-state index is 0.0354. The number of fused-ring (bicyclic) bond motifs is 1. The molecule has 0 bridgehead atoms. The van der Waals surface area contributed by atoms with E-state index in [1.54, 1.807) is 48.5 Å². The number of rotatable bonds is 3. The molecule has 30 heavy (non-hydrogen) atoms. The number of aryl methyl sites for hydroxylation is 1. The maximum Gasteiger partial charge on any atom is 0.207 e. The van der Waals surface area contributed by atoms with Crippen molar-refractivity contribution in [2.24, 2.45) is 0 Å². The van der Waals surface area contributed by atoms with Crippen molar-refractivity contribution < 1.29 is 13.2 Å². The fraction of sp³-hybridized carbons (Fsp3) is 0.192. The van der Waals surface area contributed by atoms with Gasteiger partial charge in [-0.05, 0) is 35.6 Å². The molecule has 1 aliphatic carbocycles. The number of carbonyl (C=O) groups is 1. The van der Waals surface area contributed by atoms with Gasteiger partial charge >= 0.3 is 0 Å². The smallest absolute Gasteiger partial charge is 0.207 e. The Balaban J connectivity index is 1.97. The van der Waals surface area contributed by atoms with Crippen LogP contribution in [-0.4, -0.2) is 14.2 Å². The molecule has 3 aromatic carbocycles. The first-order chi connectivity index (χ1) is 14.1. The van der Waals surface area contributed by atoms with Gasteiger partial charge < -0.3 is 0 Å². The van der Waals surface area contributed by atoms with E-state index in [1.807, 2.05) is 31.2 Å². The highest BCUT2D eigenvalue weighted by Gasteiger charge is 2.38. The first kappa shape index (κ1) is 20.3. The quantitative estimate of drug-likeness (QED) is 0.540. The van der Waals surface area contributed by atoms with Crippen LogP contribution in [0.15, 0.2) is 77.7 Å². The number of benzene rings is 3. The number of carbonyl (C=O) groups excluding carboxylic acids is 1. The Morgan fingerprint density at radius 2 is 1.30 bits per heavy atom. The Morgan fingerprint density at radius 1 is 0.733 bits per heavy atom. The van der Waals surface area contributed by atoms with E-state index in [0.29, 0.717) is 16.7 Å². The van der Waals surface area contributed by atoms with Crippen LogP contribution in [0.1, 0.15) is 53.4 Å². The number of ketones is 1. The van der Waals surface area contributed by atoms with E-state index >= 15 is 0 Å². The Hall–Kier alpha value is -2.98. The molecule has 0 amide bonds. The summed E-state index contributed by atoms with van der Waals surface area (Å²) in [5.41, 5.74) is 3.83. The average Bonchev–Trinajstić information content (AvgIpc) is 3.01. The van der Waals surface area contributed by atoms with Crippen molar-refractivity contribution >= 4 is 26.1 Å². The lowest BCUT2D eigenvalue weighted by molar-refractivity contribution is 0.105. The Bertz CT molecular complexity index is 1270. The predicted octanol–water partition coefficient (Wildman–Crippen LogP) is 5.83. The lowest BCUT2D eigenvalue weighted by atomic mass is 9.86. The lowest BCUT2D eigenvalue weighted by Crippen LogP contribution is -2.11. The number of sulfone groups is 1. The van der Waals surface area contributed by atoms with Gasteiger partial charge in [-0.3, -0.25) is 4.79 Å². The summed E-state index contributed by atoms with van der Waals surface area (Å²) in [6.45, 7) is 8.26. The van der Waals surface area contributed by atoms with Gasteiger partial charge in [-0.15, -0.1) is 0 Å². The van der Waals surface area contributed by atoms with Crippen molar-refractivity contribution in [1.82, 2.24) is 0 Å². The first-order valence-electron chi connectivity index (χ1n) is 9.92. The fourth-order valence-electron chi connectivity index (χ4n) is 3.77. The normalized spacial score (nSPS) is 14.2. The van der Waals surface area contributed by atoms with E-state index in [4.69, 9.17) is 0 Å². The van der Waals surface area contributed by atoms with Crippen molar-refractivity contribution in [2.75, 3.05) is 0 Å². The molecular weight excluding hydrogens is 392 g/mol. The Morgan fingerprint density at radius 3 is 1.87 bits per heavy atom. The molecule has 0 aromatic heterocycles. The molecule has 152 valence electrons. The second-order valence-electron chi connectivity index (χ2n) is 8.72. The summed E-state index contributed by atoms with van der Waals surface area (Å²) in [5.74, 6) is -0.250. The minimum Gasteiger partial charge on any atom is -0.289 e. The maximum atomic E-state index is 13.7. The van der Waals surface area contributed by atoms with E-state index in [0.717, 1.165) is 11.1 Å². The highest BCUT2D eigenvalue weighted by atomic mass is 32.2. The summed E-state index contributed by atoms with van der Waals surface area (Å²) < 4.78 is 27.3. The minimum atomic E-state index is -3.88. The molecule has 0 saturated carbocycles. The molecule has 0 aliphatic heterocycles. The molecule has 3 nitrogen and oxygen atoms in total. The van der Waals surface area contributed by atoms with E-state index in [9.17, 15) is 13.2 Å². The molecule has 0 atom stereocenters. The molecule has 4 rings (SSSR count). The molecule has 0 radical (unpaired) electrons. The molecule has 0 fully saturated rings. The van der Waals surface area contributed by atoms with Crippen molar-refractivity contribution in [2.45, 2.75) is 38.0 Å². The third-order valence-corrected chi connectivity index (χ3v) is 7.36. The van der Waals surface area contributed by atoms with Crippen molar-refractivity contribution in [3.63, 3.8) is 0 Å². The molecule has 3 aromatic rings. The molecule has 0 heterocycles. The van der Waals surface area contributed by atoms with Crippen LogP contribution in [0.5, 0.6) is 0 Å².